The van der Waals surface area contributed by atoms with Crippen LogP contribution < -0.4 is 16.0 Å². The molecule has 6 nitrogen and oxygen atoms in total. The molecule has 0 saturated heterocycles. The Hall–Kier alpha value is -2.18. The molecule has 104 valence electrons. The molecular weight excluding hydrogens is 256 g/mol. The Bertz CT molecular complexity index is 597. The second-order valence-electron chi connectivity index (χ2n) is 4.77. The fourth-order valence-corrected chi connectivity index (χ4v) is 1.88. The first-order valence-electron chi connectivity index (χ1n) is 6.52. The Kier molecular flexibility index (Phi) is 3.49. The van der Waals surface area contributed by atoms with Crippen LogP contribution in [0.3, 0.4) is 0 Å². The third-order valence-corrected chi connectivity index (χ3v) is 3.14. The summed E-state index contributed by atoms with van der Waals surface area (Å²) < 4.78 is 5.71. The molecule has 20 heavy (non-hydrogen) atoms. The largest absolute Gasteiger partial charge is 0.439 e. The Morgan fingerprint density at radius 1 is 1.25 bits per heavy atom. The lowest BCUT2D eigenvalue weighted by atomic mass is 10.2. The standard InChI is InChI=1S/C14H16N4O2/c15-18-12-7-13(17-14(16-12)10-3-4-10)20-11-5-1-9(8-19)2-6-11/h1-2,5-7,10,19H,3-4,8,15H2,(H,16,17,18). The van der Waals surface area contributed by atoms with Gasteiger partial charge in [-0.3, -0.25) is 0 Å². The van der Waals surface area contributed by atoms with Crippen molar-refractivity contribution in [3.05, 3.63) is 41.7 Å². The highest BCUT2D eigenvalue weighted by Crippen LogP contribution is 2.39. The van der Waals surface area contributed by atoms with Gasteiger partial charge in [0, 0.05) is 12.0 Å². The van der Waals surface area contributed by atoms with Crippen molar-refractivity contribution >= 4 is 5.82 Å². The Balaban J connectivity index is 1.83. The molecule has 2 aromatic rings. The zero-order valence-electron chi connectivity index (χ0n) is 10.9. The molecule has 3 rings (SSSR count). The minimum atomic E-state index is 0.0147. The van der Waals surface area contributed by atoms with E-state index in [0.29, 0.717) is 23.4 Å². The highest BCUT2D eigenvalue weighted by Gasteiger charge is 2.27. The Morgan fingerprint density at radius 3 is 2.60 bits per heavy atom. The van der Waals surface area contributed by atoms with Crippen LogP contribution in [0, 0.1) is 0 Å². The van der Waals surface area contributed by atoms with Gasteiger partial charge in [0.2, 0.25) is 5.88 Å². The fraction of sp³-hybridized carbons (Fsp3) is 0.286. The highest BCUT2D eigenvalue weighted by atomic mass is 16.5. The molecule has 0 unspecified atom stereocenters. The monoisotopic (exact) mass is 272 g/mol. The van der Waals surface area contributed by atoms with Crippen LogP contribution in [0.1, 0.15) is 30.1 Å². The predicted octanol–water partition coefficient (Wildman–Crippen LogP) is 1.92. The quantitative estimate of drug-likeness (QED) is 0.569. The van der Waals surface area contributed by atoms with E-state index in [0.717, 1.165) is 24.2 Å². The number of aromatic nitrogens is 2. The number of hydrazine groups is 1. The number of nitrogens with two attached hydrogens (primary N) is 1. The molecule has 4 N–H and O–H groups in total. The number of nitrogens with zero attached hydrogens (tertiary/aromatic N) is 2. The van der Waals surface area contributed by atoms with Crippen LogP contribution in [0.2, 0.25) is 0 Å². The van der Waals surface area contributed by atoms with Crippen molar-refractivity contribution in [3.63, 3.8) is 0 Å². The summed E-state index contributed by atoms with van der Waals surface area (Å²) in [7, 11) is 0. The molecule has 0 amide bonds. The normalized spacial score (nSPS) is 14.1. The summed E-state index contributed by atoms with van der Waals surface area (Å²) >= 11 is 0. The zero-order valence-corrected chi connectivity index (χ0v) is 10.9. The minimum Gasteiger partial charge on any atom is -0.439 e. The maximum Gasteiger partial charge on any atom is 0.224 e. The highest BCUT2D eigenvalue weighted by molar-refractivity contribution is 5.40. The van der Waals surface area contributed by atoms with Gasteiger partial charge in [-0.1, -0.05) is 12.1 Å². The third kappa shape index (κ3) is 2.87. The van der Waals surface area contributed by atoms with Crippen LogP contribution in [0.15, 0.2) is 30.3 Å². The lowest BCUT2D eigenvalue weighted by molar-refractivity contribution is 0.281. The number of nitrogen functional groups attached to an aromatic ring is 1. The summed E-state index contributed by atoms with van der Waals surface area (Å²) in [6.07, 6.45) is 2.22. The number of aliphatic hydroxyl groups is 1. The summed E-state index contributed by atoms with van der Waals surface area (Å²) in [5.74, 6) is 8.27. The fourth-order valence-electron chi connectivity index (χ4n) is 1.88. The summed E-state index contributed by atoms with van der Waals surface area (Å²) in [6, 6.07) is 8.85. The lowest BCUT2D eigenvalue weighted by Crippen LogP contribution is -2.10. The molecule has 0 atom stereocenters. The van der Waals surface area contributed by atoms with E-state index in [4.69, 9.17) is 15.7 Å². The molecule has 0 spiro atoms. The molecule has 0 aliphatic heterocycles. The first kappa shape index (κ1) is 12.8. The van der Waals surface area contributed by atoms with E-state index in [1.165, 1.54) is 0 Å². The number of ether oxygens (including phenoxy) is 1. The molecule has 1 fully saturated rings. The number of anilines is 1. The molecule has 1 saturated carbocycles. The van der Waals surface area contributed by atoms with E-state index in [1.54, 1.807) is 30.3 Å². The van der Waals surface area contributed by atoms with Crippen molar-refractivity contribution in [2.75, 3.05) is 5.43 Å². The van der Waals surface area contributed by atoms with E-state index >= 15 is 0 Å². The van der Waals surface area contributed by atoms with Gasteiger partial charge in [-0.25, -0.2) is 10.8 Å². The summed E-state index contributed by atoms with van der Waals surface area (Å²) in [5, 5.41) is 9.01. The SMILES string of the molecule is NNc1cc(Oc2ccc(CO)cc2)nc(C2CC2)n1. The maximum absolute atomic E-state index is 9.01. The van der Waals surface area contributed by atoms with Crippen LogP contribution in [0.25, 0.3) is 0 Å². The average molecular weight is 272 g/mol. The van der Waals surface area contributed by atoms with Crippen LogP contribution in [0.4, 0.5) is 5.82 Å². The lowest BCUT2D eigenvalue weighted by Gasteiger charge is -2.09. The minimum absolute atomic E-state index is 0.0147. The van der Waals surface area contributed by atoms with Gasteiger partial charge in [-0.15, -0.1) is 0 Å². The summed E-state index contributed by atoms with van der Waals surface area (Å²) in [4.78, 5) is 8.73. The van der Waals surface area contributed by atoms with Crippen molar-refractivity contribution < 1.29 is 9.84 Å². The van der Waals surface area contributed by atoms with E-state index in [2.05, 4.69) is 15.4 Å². The number of rotatable bonds is 5. The average Bonchev–Trinajstić information content (AvgIpc) is 3.32. The van der Waals surface area contributed by atoms with E-state index in [1.807, 2.05) is 0 Å². The molecular formula is C14H16N4O2. The summed E-state index contributed by atoms with van der Waals surface area (Å²) in [5.41, 5.74) is 3.37. The van der Waals surface area contributed by atoms with Gasteiger partial charge in [-0.05, 0) is 30.5 Å². The van der Waals surface area contributed by atoms with Gasteiger partial charge in [0.1, 0.15) is 17.4 Å². The molecule has 1 aromatic heterocycles. The number of hydrogen-bond acceptors (Lipinski definition) is 6. The van der Waals surface area contributed by atoms with Crippen LogP contribution in [-0.4, -0.2) is 15.1 Å². The zero-order chi connectivity index (χ0) is 13.9. The second kappa shape index (κ2) is 5.44. The third-order valence-electron chi connectivity index (χ3n) is 3.14. The van der Waals surface area contributed by atoms with E-state index < -0.39 is 0 Å². The Morgan fingerprint density at radius 2 is 2.00 bits per heavy atom. The molecule has 0 radical (unpaired) electrons. The van der Waals surface area contributed by atoms with Gasteiger partial charge in [0.25, 0.3) is 0 Å². The molecule has 0 bridgehead atoms. The van der Waals surface area contributed by atoms with Crippen molar-refractivity contribution in [2.45, 2.75) is 25.4 Å². The number of hydrogen-bond donors (Lipinski definition) is 3. The van der Waals surface area contributed by atoms with Gasteiger partial charge < -0.3 is 15.3 Å². The first-order valence-corrected chi connectivity index (χ1v) is 6.52. The van der Waals surface area contributed by atoms with Gasteiger partial charge >= 0.3 is 0 Å². The predicted molar refractivity (Wildman–Crippen MR) is 74.3 cm³/mol. The van der Waals surface area contributed by atoms with Crippen LogP contribution >= 0.6 is 0 Å². The van der Waals surface area contributed by atoms with Gasteiger partial charge in [-0.2, -0.15) is 4.98 Å². The van der Waals surface area contributed by atoms with Crippen molar-refractivity contribution in [3.8, 4) is 11.6 Å². The molecule has 1 heterocycles. The molecule has 1 aliphatic rings. The Labute approximate surface area is 116 Å². The summed E-state index contributed by atoms with van der Waals surface area (Å²) in [6.45, 7) is 0.0147. The number of benzene rings is 1. The maximum atomic E-state index is 9.01. The van der Waals surface area contributed by atoms with Crippen LogP contribution in [-0.2, 0) is 6.61 Å². The van der Waals surface area contributed by atoms with Crippen molar-refractivity contribution in [2.24, 2.45) is 5.84 Å². The van der Waals surface area contributed by atoms with E-state index in [-0.39, 0.29) is 6.61 Å². The smallest absolute Gasteiger partial charge is 0.224 e. The molecule has 1 aliphatic carbocycles. The first-order chi connectivity index (χ1) is 9.78. The number of nitrogens with one attached hydrogen (secondary N) is 1. The molecule has 6 heteroatoms. The van der Waals surface area contributed by atoms with Crippen molar-refractivity contribution in [1.82, 2.24) is 9.97 Å². The molecule has 1 aromatic carbocycles. The second-order valence-corrected chi connectivity index (χ2v) is 4.77. The van der Waals surface area contributed by atoms with Gasteiger partial charge in [0.05, 0.1) is 6.61 Å². The van der Waals surface area contributed by atoms with Crippen molar-refractivity contribution in [1.29, 1.82) is 0 Å². The van der Waals surface area contributed by atoms with E-state index in [9.17, 15) is 0 Å². The van der Waals surface area contributed by atoms with Gasteiger partial charge in [0.15, 0.2) is 0 Å². The number of aliphatic hydroxyl groups excluding tert-OH is 1. The van der Waals surface area contributed by atoms with Crippen LogP contribution in [0.5, 0.6) is 11.6 Å². The topological polar surface area (TPSA) is 93.3 Å².